The van der Waals surface area contributed by atoms with E-state index >= 15 is 0 Å². The van der Waals surface area contributed by atoms with Gasteiger partial charge in [-0.3, -0.25) is 15.1 Å². The highest BCUT2D eigenvalue weighted by atomic mass is 32.1. The zero-order valence-electron chi connectivity index (χ0n) is 17.2. The molecule has 3 aromatic heterocycles. The molecule has 32 heavy (non-hydrogen) atoms. The number of aryl methyl sites for hydroxylation is 2. The molecular weight excluding hydrogens is 426 g/mol. The molecule has 0 radical (unpaired) electrons. The number of hydrogen-bond donors (Lipinski definition) is 2. The second-order valence-electron chi connectivity index (χ2n) is 7.19. The highest BCUT2D eigenvalue weighted by Crippen LogP contribution is 2.36. The fraction of sp³-hybridized carbons (Fsp3) is 0.0909. The lowest BCUT2D eigenvalue weighted by atomic mass is 10.1. The average Bonchev–Trinajstić information content (AvgIpc) is 3.17. The lowest BCUT2D eigenvalue weighted by molar-refractivity contribution is -0.383. The van der Waals surface area contributed by atoms with E-state index in [9.17, 15) is 10.1 Å². The van der Waals surface area contributed by atoms with Crippen LogP contribution in [-0.4, -0.2) is 24.9 Å². The summed E-state index contributed by atoms with van der Waals surface area (Å²) in [5.74, 6) is 0.149. The minimum atomic E-state index is -0.503. The van der Waals surface area contributed by atoms with Crippen molar-refractivity contribution in [3.63, 3.8) is 0 Å². The van der Waals surface area contributed by atoms with Crippen molar-refractivity contribution in [2.45, 2.75) is 13.8 Å². The number of benzene rings is 2. The van der Waals surface area contributed by atoms with Gasteiger partial charge in [0.1, 0.15) is 6.33 Å². The molecule has 5 rings (SSSR count). The summed E-state index contributed by atoms with van der Waals surface area (Å²) in [5, 5.41) is 19.4. The van der Waals surface area contributed by atoms with E-state index in [1.165, 1.54) is 17.7 Å². The number of rotatable bonds is 5. The van der Waals surface area contributed by atoms with Gasteiger partial charge in [-0.05, 0) is 49.7 Å². The summed E-state index contributed by atoms with van der Waals surface area (Å²) in [6, 6.07) is 15.3. The lowest BCUT2D eigenvalue weighted by Gasteiger charge is -2.11. The van der Waals surface area contributed by atoms with Gasteiger partial charge >= 0.3 is 5.69 Å². The molecule has 2 aromatic carbocycles. The van der Waals surface area contributed by atoms with E-state index in [4.69, 9.17) is 0 Å². The molecule has 158 valence electrons. The molecule has 0 amide bonds. The predicted octanol–water partition coefficient (Wildman–Crippen LogP) is 5.65. The van der Waals surface area contributed by atoms with E-state index in [2.05, 4.69) is 30.6 Å². The molecule has 0 atom stereocenters. The third-order valence-electron chi connectivity index (χ3n) is 4.98. The number of para-hydroxylation sites is 1. The van der Waals surface area contributed by atoms with Crippen molar-refractivity contribution in [1.29, 1.82) is 0 Å². The Balaban J connectivity index is 1.55. The Morgan fingerprint density at radius 3 is 2.50 bits per heavy atom. The van der Waals surface area contributed by atoms with Gasteiger partial charge in [-0.1, -0.05) is 29.5 Å². The van der Waals surface area contributed by atoms with E-state index in [-0.39, 0.29) is 17.3 Å². The molecule has 10 heteroatoms. The van der Waals surface area contributed by atoms with Crippen molar-refractivity contribution in [3.05, 3.63) is 76.2 Å². The number of pyridine rings is 1. The Hall–Kier alpha value is -4.18. The maximum atomic E-state index is 12.0. The smallest absolute Gasteiger partial charge is 0.334 e. The Kier molecular flexibility index (Phi) is 4.83. The number of nitrogens with one attached hydrogen (secondary N) is 2. The van der Waals surface area contributed by atoms with Crippen LogP contribution in [-0.2, 0) is 0 Å². The molecule has 0 unspecified atom stereocenters. The molecule has 0 saturated carbocycles. The van der Waals surface area contributed by atoms with Crippen LogP contribution in [0.1, 0.15) is 11.3 Å². The standard InChI is InChI=1S/C22H17N7O2S/c1-12-5-3-8-17-18(12)27-22(32-17)28-21-19(29(30)31)20(23-11-24-21)26-16-7-4-6-15-14(16)10-9-13(2)25-15/h3-11H,1-2H3,(H2,23,24,26,27,28). The number of aromatic nitrogens is 4. The summed E-state index contributed by atoms with van der Waals surface area (Å²) in [5.41, 5.74) is 3.97. The van der Waals surface area contributed by atoms with Crippen LogP contribution >= 0.6 is 11.3 Å². The van der Waals surface area contributed by atoms with Crippen LogP contribution in [0.15, 0.2) is 54.9 Å². The summed E-state index contributed by atoms with van der Waals surface area (Å²) < 4.78 is 0.987. The van der Waals surface area contributed by atoms with Crippen LogP contribution in [0.3, 0.4) is 0 Å². The fourth-order valence-corrected chi connectivity index (χ4v) is 4.41. The van der Waals surface area contributed by atoms with E-state index in [1.807, 2.05) is 62.4 Å². The Bertz CT molecular complexity index is 1500. The fourth-order valence-electron chi connectivity index (χ4n) is 3.47. The van der Waals surface area contributed by atoms with Crippen molar-refractivity contribution in [2.24, 2.45) is 0 Å². The van der Waals surface area contributed by atoms with Crippen molar-refractivity contribution < 1.29 is 4.92 Å². The van der Waals surface area contributed by atoms with Gasteiger partial charge in [0.2, 0.25) is 11.6 Å². The molecule has 5 aromatic rings. The average molecular weight is 443 g/mol. The first-order valence-electron chi connectivity index (χ1n) is 9.75. The summed E-state index contributed by atoms with van der Waals surface area (Å²) in [7, 11) is 0. The quantitative estimate of drug-likeness (QED) is 0.264. The first-order valence-corrected chi connectivity index (χ1v) is 10.6. The van der Waals surface area contributed by atoms with Gasteiger partial charge < -0.3 is 10.6 Å². The number of hydrogen-bond acceptors (Lipinski definition) is 9. The first-order chi connectivity index (χ1) is 15.5. The van der Waals surface area contributed by atoms with Crippen molar-refractivity contribution in [2.75, 3.05) is 10.6 Å². The molecule has 0 bridgehead atoms. The number of anilines is 4. The maximum absolute atomic E-state index is 12.0. The molecule has 0 saturated heterocycles. The van der Waals surface area contributed by atoms with E-state index in [0.29, 0.717) is 10.8 Å². The summed E-state index contributed by atoms with van der Waals surface area (Å²) >= 11 is 1.41. The van der Waals surface area contributed by atoms with Crippen molar-refractivity contribution >= 4 is 60.6 Å². The largest absolute Gasteiger partial charge is 0.353 e. The second kappa shape index (κ2) is 7.82. The second-order valence-corrected chi connectivity index (χ2v) is 8.22. The number of nitro groups is 1. The van der Waals surface area contributed by atoms with E-state index in [1.54, 1.807) is 0 Å². The van der Waals surface area contributed by atoms with Gasteiger partial charge in [0.05, 0.1) is 20.7 Å². The zero-order chi connectivity index (χ0) is 22.2. The molecule has 3 heterocycles. The van der Waals surface area contributed by atoms with Crippen LogP contribution in [0, 0.1) is 24.0 Å². The lowest BCUT2D eigenvalue weighted by Crippen LogP contribution is -2.05. The monoisotopic (exact) mass is 443 g/mol. The molecule has 0 aliphatic carbocycles. The van der Waals surface area contributed by atoms with Crippen molar-refractivity contribution in [1.82, 2.24) is 19.9 Å². The molecule has 0 spiro atoms. The molecular formula is C22H17N7O2S. The number of nitrogens with zero attached hydrogens (tertiary/aromatic N) is 5. The first kappa shape index (κ1) is 19.8. The number of fused-ring (bicyclic) bond motifs is 2. The highest BCUT2D eigenvalue weighted by molar-refractivity contribution is 7.22. The third-order valence-corrected chi connectivity index (χ3v) is 5.91. The van der Waals surface area contributed by atoms with Crippen LogP contribution in [0.2, 0.25) is 0 Å². The molecule has 0 fully saturated rings. The summed E-state index contributed by atoms with van der Waals surface area (Å²) in [6.07, 6.45) is 1.28. The number of thiazole rings is 1. The zero-order valence-corrected chi connectivity index (χ0v) is 18.0. The van der Waals surface area contributed by atoms with E-state index < -0.39 is 4.92 Å². The van der Waals surface area contributed by atoms with Gasteiger partial charge in [0, 0.05) is 16.8 Å². The minimum Gasteiger partial charge on any atom is -0.334 e. The Labute approximate surface area is 186 Å². The Morgan fingerprint density at radius 1 is 0.938 bits per heavy atom. The molecule has 0 aliphatic rings. The summed E-state index contributed by atoms with van der Waals surface area (Å²) in [6.45, 7) is 3.89. The topological polar surface area (TPSA) is 119 Å². The van der Waals surface area contributed by atoms with Gasteiger partial charge in [-0.2, -0.15) is 0 Å². The molecule has 9 nitrogen and oxygen atoms in total. The van der Waals surface area contributed by atoms with Crippen LogP contribution in [0.5, 0.6) is 0 Å². The summed E-state index contributed by atoms with van der Waals surface area (Å²) in [4.78, 5) is 28.8. The van der Waals surface area contributed by atoms with Crippen LogP contribution < -0.4 is 10.6 Å². The molecule has 2 N–H and O–H groups in total. The van der Waals surface area contributed by atoms with Gasteiger partial charge in [-0.15, -0.1) is 0 Å². The van der Waals surface area contributed by atoms with Gasteiger partial charge in [-0.25, -0.2) is 15.0 Å². The van der Waals surface area contributed by atoms with Gasteiger partial charge in [0.15, 0.2) is 5.13 Å². The highest BCUT2D eigenvalue weighted by Gasteiger charge is 2.24. The SMILES string of the molecule is Cc1ccc2c(Nc3ncnc(Nc4nc5c(C)cccc5s4)c3[N+](=O)[O-])cccc2n1. The third kappa shape index (κ3) is 3.56. The maximum Gasteiger partial charge on any atom is 0.353 e. The Morgan fingerprint density at radius 2 is 1.72 bits per heavy atom. The van der Waals surface area contributed by atoms with Crippen LogP contribution in [0.4, 0.5) is 28.1 Å². The predicted molar refractivity (Wildman–Crippen MR) is 126 cm³/mol. The van der Waals surface area contributed by atoms with Gasteiger partial charge in [0.25, 0.3) is 0 Å². The van der Waals surface area contributed by atoms with Crippen LogP contribution in [0.25, 0.3) is 21.1 Å². The molecule has 0 aliphatic heterocycles. The van der Waals surface area contributed by atoms with Crippen molar-refractivity contribution in [3.8, 4) is 0 Å². The normalized spacial score (nSPS) is 11.1. The van der Waals surface area contributed by atoms with E-state index in [0.717, 1.165) is 32.4 Å². The minimum absolute atomic E-state index is 0.0680.